The van der Waals surface area contributed by atoms with E-state index in [4.69, 9.17) is 33.3 Å². The molecule has 18 heteroatoms. The minimum atomic E-state index is -4.75. The van der Waals surface area contributed by atoms with Crippen molar-refractivity contribution in [2.24, 2.45) is 0 Å². The van der Waals surface area contributed by atoms with Gasteiger partial charge in [-0.2, -0.15) is 0 Å². The molecule has 0 aliphatic rings. The number of hydrogen-bond acceptors (Lipinski definition) is 13. The fourth-order valence-electron chi connectivity index (χ4n) is 9.76. The Morgan fingerprint density at radius 1 is 0.330 bits per heavy atom. The normalized spacial score (nSPS) is 13.3. The lowest BCUT2D eigenvalue weighted by Crippen LogP contribution is -2.29. The smallest absolute Gasteiger partial charge is 0.462 e. The van der Waals surface area contributed by atoms with Gasteiger partial charge in [0.1, 0.15) is 13.2 Å². The SMILES string of the molecule is CC/C=C/CCCCCCCC(=O)O[C@H](COC(=O)CCCCCCCCCC/C=C/CCCCC)COP(=O)(O)OC.CCCCC/C=C/C/C=C\CCCCCCCC(=O)O[C@H](COC(=O)CCCCCCCCCC/C=C/CCCCC)COP(=O)(O)O. The van der Waals surface area contributed by atoms with Crippen LogP contribution in [0.2, 0.25) is 0 Å². The zero-order valence-electron chi connectivity index (χ0n) is 58.2. The van der Waals surface area contributed by atoms with Gasteiger partial charge in [0.05, 0.1) is 13.2 Å². The summed E-state index contributed by atoms with van der Waals surface area (Å²) in [6.45, 7) is 7.34. The van der Waals surface area contributed by atoms with Crippen LogP contribution in [0.3, 0.4) is 0 Å². The van der Waals surface area contributed by atoms with E-state index in [2.05, 4.69) is 97.5 Å². The number of phosphoric ester groups is 2. The number of rotatable bonds is 66. The van der Waals surface area contributed by atoms with Gasteiger partial charge in [-0.1, -0.05) is 243 Å². The topological polar surface area (TPSA) is 228 Å². The van der Waals surface area contributed by atoms with Gasteiger partial charge in [0.2, 0.25) is 0 Å². The summed E-state index contributed by atoms with van der Waals surface area (Å²) in [5, 5.41) is 0. The second kappa shape index (κ2) is 69.6. The van der Waals surface area contributed by atoms with Crippen molar-refractivity contribution in [3.05, 3.63) is 60.8 Å². The molecule has 0 aromatic carbocycles. The number of carbonyl (C=O) groups excluding carboxylic acids is 4. The highest BCUT2D eigenvalue weighted by molar-refractivity contribution is 7.47. The maximum absolute atomic E-state index is 12.4. The van der Waals surface area contributed by atoms with Gasteiger partial charge < -0.3 is 33.6 Å². The first-order valence-corrected chi connectivity index (χ1v) is 39.3. The van der Waals surface area contributed by atoms with Crippen LogP contribution in [0.15, 0.2) is 60.8 Å². The summed E-state index contributed by atoms with van der Waals surface area (Å²) in [4.78, 5) is 76.8. The van der Waals surface area contributed by atoms with Crippen LogP contribution in [0.5, 0.6) is 0 Å². The average Bonchev–Trinajstić information content (AvgIpc) is 3.17. The van der Waals surface area contributed by atoms with Crippen molar-refractivity contribution in [1.82, 2.24) is 0 Å². The summed E-state index contributed by atoms with van der Waals surface area (Å²) in [5.74, 6) is -1.73. The van der Waals surface area contributed by atoms with Crippen LogP contribution in [-0.2, 0) is 60.8 Å². The van der Waals surface area contributed by atoms with Gasteiger partial charge in [-0.15, -0.1) is 0 Å². The molecule has 0 saturated heterocycles. The summed E-state index contributed by atoms with van der Waals surface area (Å²) in [5.41, 5.74) is 0. The van der Waals surface area contributed by atoms with E-state index in [-0.39, 0.29) is 44.9 Å². The molecule has 0 fully saturated rings. The molecule has 0 aromatic heterocycles. The predicted octanol–water partition coefficient (Wildman–Crippen LogP) is 21.3. The van der Waals surface area contributed by atoms with Gasteiger partial charge >= 0.3 is 39.5 Å². The average molecular weight is 1330 g/mol. The highest BCUT2D eigenvalue weighted by Gasteiger charge is 2.26. The molecule has 0 aliphatic carbocycles. The molecule has 0 aromatic rings. The van der Waals surface area contributed by atoms with Crippen molar-refractivity contribution in [3.8, 4) is 0 Å². The molecule has 0 rings (SSSR count). The molecule has 0 heterocycles. The molecule has 91 heavy (non-hydrogen) atoms. The first-order valence-electron chi connectivity index (χ1n) is 36.3. The molecule has 0 radical (unpaired) electrons. The van der Waals surface area contributed by atoms with Crippen LogP contribution in [0, 0.1) is 0 Å². The maximum Gasteiger partial charge on any atom is 0.472 e. The zero-order chi connectivity index (χ0) is 67.3. The molecule has 532 valence electrons. The lowest BCUT2D eigenvalue weighted by molar-refractivity contribution is -0.161. The molecular weight excluding hydrogens is 1190 g/mol. The number of hydrogen-bond donors (Lipinski definition) is 3. The third-order valence-electron chi connectivity index (χ3n) is 15.3. The van der Waals surface area contributed by atoms with Crippen LogP contribution in [0.4, 0.5) is 0 Å². The van der Waals surface area contributed by atoms with Crippen molar-refractivity contribution < 1.29 is 75.5 Å². The van der Waals surface area contributed by atoms with Gasteiger partial charge in [-0.05, 0) is 128 Å². The molecule has 0 aliphatic heterocycles. The molecule has 0 amide bonds. The Kier molecular flexibility index (Phi) is 68.8. The van der Waals surface area contributed by atoms with E-state index in [1.54, 1.807) is 0 Å². The van der Waals surface area contributed by atoms with Crippen LogP contribution in [0.1, 0.15) is 336 Å². The molecule has 3 atom stereocenters. The third-order valence-corrected chi connectivity index (χ3v) is 16.7. The Morgan fingerprint density at radius 2 is 0.593 bits per heavy atom. The van der Waals surface area contributed by atoms with Crippen molar-refractivity contribution in [2.75, 3.05) is 33.5 Å². The summed E-state index contributed by atoms with van der Waals surface area (Å²) < 4.78 is 58.0. The number of phosphoric acid groups is 2. The Hall–Kier alpha value is -3.20. The quantitative estimate of drug-likeness (QED) is 0.0169. The Balaban J connectivity index is 0. The largest absolute Gasteiger partial charge is 0.472 e. The number of unbranched alkanes of at least 4 members (excludes halogenated alkanes) is 35. The monoisotopic (exact) mass is 1330 g/mol. The third kappa shape index (κ3) is 74.1. The fourth-order valence-corrected chi connectivity index (χ4v) is 10.6. The van der Waals surface area contributed by atoms with E-state index in [9.17, 15) is 33.2 Å². The van der Waals surface area contributed by atoms with Crippen molar-refractivity contribution in [1.29, 1.82) is 0 Å². The number of esters is 4. The molecule has 1 unspecified atom stereocenters. The van der Waals surface area contributed by atoms with Crippen LogP contribution in [0.25, 0.3) is 0 Å². The molecular formula is C73H134O16P2. The van der Waals surface area contributed by atoms with E-state index in [0.29, 0.717) is 12.8 Å². The van der Waals surface area contributed by atoms with Crippen molar-refractivity contribution >= 4 is 39.5 Å². The van der Waals surface area contributed by atoms with E-state index in [0.717, 1.165) is 129 Å². The van der Waals surface area contributed by atoms with E-state index >= 15 is 0 Å². The van der Waals surface area contributed by atoms with Gasteiger partial charge in [0.15, 0.2) is 12.2 Å². The number of carbonyl (C=O) groups is 4. The minimum Gasteiger partial charge on any atom is -0.462 e. The number of allylic oxidation sites excluding steroid dienone is 10. The Morgan fingerprint density at radius 3 is 0.890 bits per heavy atom. The van der Waals surface area contributed by atoms with Crippen LogP contribution in [-0.4, -0.2) is 84.3 Å². The zero-order valence-corrected chi connectivity index (χ0v) is 60.0. The second-order valence-corrected chi connectivity index (χ2v) is 27.0. The lowest BCUT2D eigenvalue weighted by Gasteiger charge is -2.19. The predicted molar refractivity (Wildman–Crippen MR) is 372 cm³/mol. The first kappa shape index (κ1) is 89.9. The lowest BCUT2D eigenvalue weighted by atomic mass is 10.1. The highest BCUT2D eigenvalue weighted by atomic mass is 31.2. The van der Waals surface area contributed by atoms with Crippen molar-refractivity contribution in [3.63, 3.8) is 0 Å². The van der Waals surface area contributed by atoms with Crippen molar-refractivity contribution in [2.45, 2.75) is 348 Å². The second-order valence-electron chi connectivity index (χ2n) is 24.2. The molecule has 3 N–H and O–H groups in total. The Bertz CT molecular complexity index is 1910. The van der Waals surface area contributed by atoms with E-state index < -0.39 is 59.0 Å². The number of ether oxygens (including phenoxy) is 4. The highest BCUT2D eigenvalue weighted by Crippen LogP contribution is 2.42. The Labute approximate surface area is 554 Å². The first-order chi connectivity index (χ1) is 44.1. The van der Waals surface area contributed by atoms with Crippen LogP contribution >= 0.6 is 15.6 Å². The molecule has 0 saturated carbocycles. The summed E-state index contributed by atoms with van der Waals surface area (Å²) in [6.07, 6.45) is 71.0. The summed E-state index contributed by atoms with van der Waals surface area (Å²) in [7, 11) is -7.95. The van der Waals surface area contributed by atoms with E-state index in [1.165, 1.54) is 148 Å². The van der Waals surface area contributed by atoms with Gasteiger partial charge in [-0.3, -0.25) is 32.7 Å². The maximum atomic E-state index is 12.4. The van der Waals surface area contributed by atoms with E-state index in [1.807, 2.05) is 0 Å². The summed E-state index contributed by atoms with van der Waals surface area (Å²) >= 11 is 0. The van der Waals surface area contributed by atoms with Gasteiger partial charge in [0, 0.05) is 32.8 Å². The fraction of sp³-hybridized carbons (Fsp3) is 0.808. The standard InChI is InChI=1S/C39H71O8P.C34H63O8P/c1-3-5-7-9-11-13-15-17-19-21-23-25-27-29-31-33-38(40)45-35-37(36-46-48(42,43)44)47-39(41)34-32-30-28-26-24-22-20-18-16-14-12-10-8-6-4-2;1-4-6-8-10-12-14-15-16-17-18-19-21-22-24-26-28-33(35)40-30-32(31-41-43(37,38)39-3)42-34(36)29-27-25-23-20-13-11-9-7-5-2/h11-14,18,20,37H,3-10,15-17,19,21-36H2,1-2H3,(H2,42,43,44);7,9,12,14,32H,4-6,8,10-11,13,15-31H2,1-3H3,(H,37,38)/b13-11+,14-12+,20-18-;9-7+,14-12+/t37-;32-/m11/s1. The van der Waals surface area contributed by atoms with Crippen LogP contribution < -0.4 is 0 Å². The molecule has 16 nitrogen and oxygen atoms in total. The summed E-state index contributed by atoms with van der Waals surface area (Å²) in [6, 6.07) is 0. The molecule has 0 spiro atoms. The molecule has 0 bridgehead atoms. The van der Waals surface area contributed by atoms with Gasteiger partial charge in [0.25, 0.3) is 0 Å². The minimum absolute atomic E-state index is 0.195. The van der Waals surface area contributed by atoms with Gasteiger partial charge in [-0.25, -0.2) is 9.13 Å².